The molecule has 4 N–H and O–H groups in total. The van der Waals surface area contributed by atoms with E-state index in [9.17, 15) is 0 Å². The van der Waals surface area contributed by atoms with Crippen molar-refractivity contribution in [1.82, 2.24) is 10.7 Å². The summed E-state index contributed by atoms with van der Waals surface area (Å²) in [4.78, 5) is 4.32. The maximum absolute atomic E-state index is 5.36. The Morgan fingerprint density at radius 3 is 2.43 bits per heavy atom. The standard InChI is InChI=1S/C10H24N4/c1-5-6-7-12-10(14-11)13-9(4)8(2)3/h8-9H,5-7,11H2,1-4H3,(H2,12,13,14). The minimum Gasteiger partial charge on any atom is -0.353 e. The maximum Gasteiger partial charge on any atom is 0.205 e. The van der Waals surface area contributed by atoms with Crippen LogP contribution in [0.15, 0.2) is 4.99 Å². The van der Waals surface area contributed by atoms with Gasteiger partial charge in [0, 0.05) is 12.6 Å². The second-order valence-corrected chi connectivity index (χ2v) is 3.91. The molecular formula is C10H24N4. The molecular weight excluding hydrogens is 176 g/mol. The number of nitrogens with zero attached hydrogens (tertiary/aromatic N) is 1. The van der Waals surface area contributed by atoms with Crippen LogP contribution in [0.2, 0.25) is 0 Å². The molecule has 4 heteroatoms. The number of hydrogen-bond donors (Lipinski definition) is 3. The van der Waals surface area contributed by atoms with Crippen molar-refractivity contribution in [3.8, 4) is 0 Å². The SMILES string of the molecule is CCCCN=C(NN)NC(C)C(C)C. The maximum atomic E-state index is 5.36. The Morgan fingerprint density at radius 2 is 2.00 bits per heavy atom. The Kier molecular flexibility index (Phi) is 7.20. The number of hydrazine groups is 1. The molecule has 1 atom stereocenters. The van der Waals surface area contributed by atoms with E-state index in [1.165, 1.54) is 0 Å². The number of nitrogens with one attached hydrogen (secondary N) is 2. The molecule has 0 amide bonds. The molecule has 0 fully saturated rings. The minimum absolute atomic E-state index is 0.381. The van der Waals surface area contributed by atoms with Crippen molar-refractivity contribution in [2.45, 2.75) is 46.6 Å². The van der Waals surface area contributed by atoms with Crippen molar-refractivity contribution < 1.29 is 0 Å². The van der Waals surface area contributed by atoms with Crippen molar-refractivity contribution >= 4 is 5.96 Å². The monoisotopic (exact) mass is 200 g/mol. The van der Waals surface area contributed by atoms with E-state index in [0.717, 1.165) is 19.4 Å². The van der Waals surface area contributed by atoms with Gasteiger partial charge in [-0.25, -0.2) is 5.84 Å². The fourth-order valence-electron chi connectivity index (χ4n) is 0.864. The molecule has 0 aromatic rings. The van der Waals surface area contributed by atoms with Gasteiger partial charge >= 0.3 is 0 Å². The number of aliphatic imine (C=N–C) groups is 1. The van der Waals surface area contributed by atoms with Crippen LogP contribution in [0, 0.1) is 5.92 Å². The third-order valence-corrected chi connectivity index (χ3v) is 2.28. The summed E-state index contributed by atoms with van der Waals surface area (Å²) in [5.74, 6) is 6.62. The van der Waals surface area contributed by atoms with Crippen LogP contribution in [0.4, 0.5) is 0 Å². The first-order valence-corrected chi connectivity index (χ1v) is 5.39. The van der Waals surface area contributed by atoms with Crippen LogP contribution in [-0.4, -0.2) is 18.5 Å². The van der Waals surface area contributed by atoms with E-state index < -0.39 is 0 Å². The molecule has 0 aromatic heterocycles. The molecule has 0 rings (SSSR count). The van der Waals surface area contributed by atoms with Crippen LogP contribution in [-0.2, 0) is 0 Å². The van der Waals surface area contributed by atoms with Crippen LogP contribution < -0.4 is 16.6 Å². The van der Waals surface area contributed by atoms with Gasteiger partial charge in [0.1, 0.15) is 0 Å². The topological polar surface area (TPSA) is 62.4 Å². The lowest BCUT2D eigenvalue weighted by atomic mass is 10.1. The molecule has 0 bridgehead atoms. The van der Waals surface area contributed by atoms with Gasteiger partial charge in [-0.1, -0.05) is 27.2 Å². The van der Waals surface area contributed by atoms with E-state index in [-0.39, 0.29) is 0 Å². The second-order valence-electron chi connectivity index (χ2n) is 3.91. The minimum atomic E-state index is 0.381. The lowest BCUT2D eigenvalue weighted by Crippen LogP contribution is -2.47. The van der Waals surface area contributed by atoms with Gasteiger partial charge in [-0.3, -0.25) is 10.4 Å². The van der Waals surface area contributed by atoms with E-state index >= 15 is 0 Å². The average molecular weight is 200 g/mol. The van der Waals surface area contributed by atoms with Crippen molar-refractivity contribution in [3.05, 3.63) is 0 Å². The zero-order valence-electron chi connectivity index (χ0n) is 9.80. The summed E-state index contributed by atoms with van der Waals surface area (Å²) in [5, 5.41) is 3.24. The number of hydrogen-bond acceptors (Lipinski definition) is 2. The third kappa shape index (κ3) is 5.80. The van der Waals surface area contributed by atoms with Gasteiger partial charge in [0.25, 0.3) is 0 Å². The zero-order chi connectivity index (χ0) is 11.0. The van der Waals surface area contributed by atoms with Gasteiger partial charge in [-0.05, 0) is 19.3 Å². The van der Waals surface area contributed by atoms with Crippen molar-refractivity contribution in [1.29, 1.82) is 0 Å². The summed E-state index contributed by atoms with van der Waals surface area (Å²) in [7, 11) is 0. The van der Waals surface area contributed by atoms with Gasteiger partial charge in [-0.2, -0.15) is 0 Å². The smallest absolute Gasteiger partial charge is 0.205 e. The summed E-state index contributed by atoms with van der Waals surface area (Å²) in [6, 6.07) is 0.381. The summed E-state index contributed by atoms with van der Waals surface area (Å²) in [6.45, 7) is 9.43. The summed E-state index contributed by atoms with van der Waals surface area (Å²) in [6.07, 6.45) is 2.25. The van der Waals surface area contributed by atoms with Crippen LogP contribution in [0.25, 0.3) is 0 Å². The van der Waals surface area contributed by atoms with Crippen molar-refractivity contribution in [2.24, 2.45) is 16.8 Å². The number of unbranched alkanes of at least 4 members (excludes halogenated alkanes) is 1. The Bertz CT molecular complexity index is 166. The largest absolute Gasteiger partial charge is 0.353 e. The van der Waals surface area contributed by atoms with E-state index in [0.29, 0.717) is 17.9 Å². The van der Waals surface area contributed by atoms with Gasteiger partial charge in [0.2, 0.25) is 5.96 Å². The number of rotatable bonds is 5. The molecule has 0 saturated carbocycles. The molecule has 1 unspecified atom stereocenters. The lowest BCUT2D eigenvalue weighted by Gasteiger charge is -2.19. The average Bonchev–Trinajstić information content (AvgIpc) is 2.16. The molecule has 0 saturated heterocycles. The molecule has 0 aromatic carbocycles. The fourth-order valence-corrected chi connectivity index (χ4v) is 0.864. The van der Waals surface area contributed by atoms with Gasteiger partial charge < -0.3 is 5.32 Å². The molecule has 4 nitrogen and oxygen atoms in total. The lowest BCUT2D eigenvalue weighted by molar-refractivity contribution is 0.481. The Hall–Kier alpha value is -0.770. The van der Waals surface area contributed by atoms with E-state index in [1.54, 1.807) is 0 Å². The third-order valence-electron chi connectivity index (χ3n) is 2.28. The highest BCUT2D eigenvalue weighted by Gasteiger charge is 2.07. The molecule has 0 aliphatic rings. The number of nitrogens with two attached hydrogens (primary N) is 1. The highest BCUT2D eigenvalue weighted by molar-refractivity contribution is 5.79. The second kappa shape index (κ2) is 7.62. The molecule has 0 radical (unpaired) electrons. The van der Waals surface area contributed by atoms with Gasteiger partial charge in [-0.15, -0.1) is 0 Å². The molecule has 0 heterocycles. The van der Waals surface area contributed by atoms with Crippen molar-refractivity contribution in [3.63, 3.8) is 0 Å². The normalized spacial score (nSPS) is 14.3. The first-order valence-electron chi connectivity index (χ1n) is 5.39. The molecule has 0 aliphatic heterocycles. The van der Waals surface area contributed by atoms with Crippen LogP contribution in [0.5, 0.6) is 0 Å². The first-order chi connectivity index (χ1) is 6.61. The van der Waals surface area contributed by atoms with Crippen LogP contribution in [0.1, 0.15) is 40.5 Å². The molecule has 14 heavy (non-hydrogen) atoms. The molecule has 0 spiro atoms. The van der Waals surface area contributed by atoms with Crippen molar-refractivity contribution in [2.75, 3.05) is 6.54 Å². The van der Waals surface area contributed by atoms with E-state index in [4.69, 9.17) is 5.84 Å². The summed E-state index contributed by atoms with van der Waals surface area (Å²) in [5.41, 5.74) is 2.59. The Labute approximate surface area is 87.3 Å². The summed E-state index contributed by atoms with van der Waals surface area (Å²) < 4.78 is 0. The quantitative estimate of drug-likeness (QED) is 0.206. The number of guanidine groups is 1. The Balaban J connectivity index is 3.94. The molecule has 84 valence electrons. The van der Waals surface area contributed by atoms with Crippen LogP contribution >= 0.6 is 0 Å². The highest BCUT2D eigenvalue weighted by atomic mass is 15.3. The fraction of sp³-hybridized carbons (Fsp3) is 0.900. The van der Waals surface area contributed by atoms with Gasteiger partial charge in [0.15, 0.2) is 0 Å². The van der Waals surface area contributed by atoms with E-state index in [1.807, 2.05) is 0 Å². The highest BCUT2D eigenvalue weighted by Crippen LogP contribution is 1.99. The van der Waals surface area contributed by atoms with Gasteiger partial charge in [0.05, 0.1) is 0 Å². The first kappa shape index (κ1) is 13.2. The Morgan fingerprint density at radius 1 is 1.36 bits per heavy atom. The molecule has 0 aliphatic carbocycles. The zero-order valence-corrected chi connectivity index (χ0v) is 9.80. The summed E-state index contributed by atoms with van der Waals surface area (Å²) >= 11 is 0. The van der Waals surface area contributed by atoms with E-state index in [2.05, 4.69) is 43.4 Å². The van der Waals surface area contributed by atoms with Crippen LogP contribution in [0.3, 0.4) is 0 Å². The predicted molar refractivity (Wildman–Crippen MR) is 62.0 cm³/mol. The predicted octanol–water partition coefficient (Wildman–Crippen LogP) is 1.24.